The third-order valence-electron chi connectivity index (χ3n) is 3.06. The molecule has 1 aromatic rings. The van der Waals surface area contributed by atoms with Crippen LogP contribution < -0.4 is 5.32 Å². The summed E-state index contributed by atoms with van der Waals surface area (Å²) in [6.45, 7) is 4.09. The van der Waals surface area contributed by atoms with Crippen LogP contribution in [-0.4, -0.2) is 11.9 Å². The van der Waals surface area contributed by atoms with Crippen LogP contribution in [0, 0.1) is 12.8 Å². The van der Waals surface area contributed by atoms with Crippen molar-refractivity contribution < 1.29 is 4.79 Å². The van der Waals surface area contributed by atoms with E-state index < -0.39 is 0 Å². The number of carbonyl (C=O) groups excluding carboxylic acids is 1. The normalized spacial score (nSPS) is 16.9. The minimum atomic E-state index is 0.0197. The van der Waals surface area contributed by atoms with Crippen LogP contribution in [0.1, 0.15) is 35.7 Å². The minimum absolute atomic E-state index is 0.0197. The van der Waals surface area contributed by atoms with Gasteiger partial charge in [-0.05, 0) is 66.2 Å². The van der Waals surface area contributed by atoms with Crippen molar-refractivity contribution in [3.8, 4) is 0 Å². The molecular weight excluding hydrogens is 266 g/mol. The van der Waals surface area contributed by atoms with Crippen molar-refractivity contribution in [1.29, 1.82) is 0 Å². The van der Waals surface area contributed by atoms with Crippen LogP contribution in [0.2, 0.25) is 0 Å². The Morgan fingerprint density at radius 3 is 2.75 bits per heavy atom. The first-order valence-electron chi connectivity index (χ1n) is 5.65. The molecule has 3 heteroatoms. The maximum absolute atomic E-state index is 12.0. The zero-order chi connectivity index (χ0) is 11.7. The molecule has 1 saturated carbocycles. The molecule has 1 N–H and O–H groups in total. The number of hydrogen-bond donors (Lipinski definition) is 1. The highest BCUT2D eigenvalue weighted by Gasteiger charge is 2.29. The molecule has 0 bridgehead atoms. The molecule has 1 aromatic carbocycles. The van der Waals surface area contributed by atoms with Crippen LogP contribution >= 0.6 is 15.9 Å². The lowest BCUT2D eigenvalue weighted by atomic mass is 10.1. The summed E-state index contributed by atoms with van der Waals surface area (Å²) in [4.78, 5) is 12.0. The van der Waals surface area contributed by atoms with Gasteiger partial charge in [-0.3, -0.25) is 4.79 Å². The maximum atomic E-state index is 12.0. The van der Waals surface area contributed by atoms with Gasteiger partial charge in [0.15, 0.2) is 0 Å². The van der Waals surface area contributed by atoms with Gasteiger partial charge in [0.25, 0.3) is 5.91 Å². The summed E-state index contributed by atoms with van der Waals surface area (Å²) >= 11 is 3.43. The van der Waals surface area contributed by atoms with Gasteiger partial charge in [0.05, 0.1) is 5.56 Å². The summed E-state index contributed by atoms with van der Waals surface area (Å²) < 4.78 is 0.869. The van der Waals surface area contributed by atoms with E-state index >= 15 is 0 Å². The Hall–Kier alpha value is -0.830. The highest BCUT2D eigenvalue weighted by Crippen LogP contribution is 2.32. The molecule has 1 unspecified atom stereocenters. The molecule has 0 saturated heterocycles. The van der Waals surface area contributed by atoms with E-state index in [4.69, 9.17) is 0 Å². The molecule has 2 nitrogen and oxygen atoms in total. The second-order valence-electron chi connectivity index (χ2n) is 4.58. The van der Waals surface area contributed by atoms with Crippen molar-refractivity contribution in [3.63, 3.8) is 0 Å². The van der Waals surface area contributed by atoms with Crippen LogP contribution in [0.25, 0.3) is 0 Å². The van der Waals surface area contributed by atoms with Crippen LogP contribution in [0.5, 0.6) is 0 Å². The van der Waals surface area contributed by atoms with Crippen molar-refractivity contribution in [2.75, 3.05) is 0 Å². The Labute approximate surface area is 105 Å². The predicted molar refractivity (Wildman–Crippen MR) is 68.5 cm³/mol. The Morgan fingerprint density at radius 1 is 1.50 bits per heavy atom. The second kappa shape index (κ2) is 4.58. The average molecular weight is 282 g/mol. The van der Waals surface area contributed by atoms with Gasteiger partial charge in [-0.1, -0.05) is 6.07 Å². The Balaban J connectivity index is 2.07. The molecule has 86 valence electrons. The summed E-state index contributed by atoms with van der Waals surface area (Å²) in [7, 11) is 0. The quantitative estimate of drug-likeness (QED) is 0.905. The average Bonchev–Trinajstić information content (AvgIpc) is 2.99. The SMILES string of the molecule is Cc1ccc(C(=O)NC(C)C2CC2)c(Br)c1. The van der Waals surface area contributed by atoms with E-state index in [9.17, 15) is 4.79 Å². The number of amides is 1. The van der Waals surface area contributed by atoms with E-state index in [0.29, 0.717) is 12.0 Å². The van der Waals surface area contributed by atoms with Crippen LogP contribution in [0.4, 0.5) is 0 Å². The van der Waals surface area contributed by atoms with E-state index in [-0.39, 0.29) is 5.91 Å². The van der Waals surface area contributed by atoms with Crippen molar-refractivity contribution in [2.24, 2.45) is 5.92 Å². The van der Waals surface area contributed by atoms with Gasteiger partial charge in [0, 0.05) is 10.5 Å². The molecule has 16 heavy (non-hydrogen) atoms. The number of aryl methyl sites for hydroxylation is 1. The van der Waals surface area contributed by atoms with Crippen LogP contribution in [-0.2, 0) is 0 Å². The van der Waals surface area contributed by atoms with E-state index in [1.807, 2.05) is 25.1 Å². The number of carbonyl (C=O) groups is 1. The van der Waals surface area contributed by atoms with E-state index in [1.165, 1.54) is 12.8 Å². The molecule has 0 heterocycles. The first-order valence-corrected chi connectivity index (χ1v) is 6.44. The fourth-order valence-corrected chi connectivity index (χ4v) is 2.48. The highest BCUT2D eigenvalue weighted by molar-refractivity contribution is 9.10. The molecule has 1 atom stereocenters. The summed E-state index contributed by atoms with van der Waals surface area (Å²) in [5, 5.41) is 3.05. The lowest BCUT2D eigenvalue weighted by Gasteiger charge is -2.13. The molecule has 1 aliphatic rings. The number of hydrogen-bond acceptors (Lipinski definition) is 1. The molecule has 0 spiro atoms. The minimum Gasteiger partial charge on any atom is -0.349 e. The van der Waals surface area contributed by atoms with Gasteiger partial charge in [0.2, 0.25) is 0 Å². The fourth-order valence-electron chi connectivity index (χ4n) is 1.80. The van der Waals surface area contributed by atoms with Crippen molar-refractivity contribution in [3.05, 3.63) is 33.8 Å². The molecule has 1 aliphatic carbocycles. The van der Waals surface area contributed by atoms with Gasteiger partial charge >= 0.3 is 0 Å². The molecule has 2 rings (SSSR count). The molecule has 1 amide bonds. The van der Waals surface area contributed by atoms with Gasteiger partial charge in [0.1, 0.15) is 0 Å². The smallest absolute Gasteiger partial charge is 0.252 e. The fraction of sp³-hybridized carbons (Fsp3) is 0.462. The molecule has 0 aromatic heterocycles. The Kier molecular flexibility index (Phi) is 3.33. The van der Waals surface area contributed by atoms with Crippen LogP contribution in [0.15, 0.2) is 22.7 Å². The predicted octanol–water partition coefficient (Wildman–Crippen LogP) is 3.29. The van der Waals surface area contributed by atoms with E-state index in [1.54, 1.807) is 0 Å². The molecule has 1 fully saturated rings. The molecule has 0 aliphatic heterocycles. The summed E-state index contributed by atoms with van der Waals surface area (Å²) in [5.74, 6) is 0.708. The lowest BCUT2D eigenvalue weighted by molar-refractivity contribution is 0.0935. The Morgan fingerprint density at radius 2 is 2.19 bits per heavy atom. The highest BCUT2D eigenvalue weighted by atomic mass is 79.9. The molecular formula is C13H16BrNO. The van der Waals surface area contributed by atoms with E-state index in [2.05, 4.69) is 28.2 Å². The molecule has 0 radical (unpaired) electrons. The number of rotatable bonds is 3. The summed E-state index contributed by atoms with van der Waals surface area (Å²) in [6, 6.07) is 6.09. The Bertz CT molecular complexity index is 412. The van der Waals surface area contributed by atoms with Gasteiger partial charge < -0.3 is 5.32 Å². The van der Waals surface area contributed by atoms with Crippen molar-refractivity contribution in [2.45, 2.75) is 32.7 Å². The largest absolute Gasteiger partial charge is 0.349 e. The van der Waals surface area contributed by atoms with E-state index in [0.717, 1.165) is 15.6 Å². The van der Waals surface area contributed by atoms with Crippen molar-refractivity contribution in [1.82, 2.24) is 5.32 Å². The zero-order valence-corrected chi connectivity index (χ0v) is 11.2. The number of benzene rings is 1. The van der Waals surface area contributed by atoms with Gasteiger partial charge in [-0.2, -0.15) is 0 Å². The zero-order valence-electron chi connectivity index (χ0n) is 9.59. The lowest BCUT2D eigenvalue weighted by Crippen LogP contribution is -2.34. The van der Waals surface area contributed by atoms with Gasteiger partial charge in [-0.25, -0.2) is 0 Å². The first-order chi connectivity index (χ1) is 7.58. The monoisotopic (exact) mass is 281 g/mol. The number of nitrogens with one attached hydrogen (secondary N) is 1. The standard InChI is InChI=1S/C13H16BrNO/c1-8-3-6-11(12(14)7-8)13(16)15-9(2)10-4-5-10/h3,6-7,9-10H,4-5H2,1-2H3,(H,15,16). The second-order valence-corrected chi connectivity index (χ2v) is 5.44. The number of halogens is 1. The maximum Gasteiger partial charge on any atom is 0.252 e. The first kappa shape index (κ1) is 11.6. The van der Waals surface area contributed by atoms with Crippen LogP contribution in [0.3, 0.4) is 0 Å². The summed E-state index contributed by atoms with van der Waals surface area (Å²) in [6.07, 6.45) is 2.49. The topological polar surface area (TPSA) is 29.1 Å². The van der Waals surface area contributed by atoms with Crippen molar-refractivity contribution >= 4 is 21.8 Å². The third kappa shape index (κ3) is 2.64. The summed E-state index contributed by atoms with van der Waals surface area (Å²) in [5.41, 5.74) is 1.87. The third-order valence-corrected chi connectivity index (χ3v) is 3.71. The van der Waals surface area contributed by atoms with Gasteiger partial charge in [-0.15, -0.1) is 0 Å².